The zero-order valence-electron chi connectivity index (χ0n) is 13.7. The van der Waals surface area contributed by atoms with Crippen LogP contribution in [0.5, 0.6) is 0 Å². The second kappa shape index (κ2) is 7.00. The predicted molar refractivity (Wildman–Crippen MR) is 96.5 cm³/mol. The fraction of sp³-hybridized carbons (Fsp3) is 0.158. The molecule has 2 aromatic carbocycles. The molecular formula is C19H19N3O2. The maximum atomic E-state index is 11.5. The number of fused-ring (bicyclic) bond motifs is 1. The zero-order chi connectivity index (χ0) is 16.9. The first kappa shape index (κ1) is 15.8. The van der Waals surface area contributed by atoms with Crippen LogP contribution in [0.4, 0.5) is 5.69 Å². The van der Waals surface area contributed by atoms with Crippen LogP contribution in [-0.4, -0.2) is 23.3 Å². The number of hydrogen-bond acceptors (Lipinski definition) is 4. The summed E-state index contributed by atoms with van der Waals surface area (Å²) in [6, 6.07) is 17.2. The molecule has 0 atom stereocenters. The Labute approximate surface area is 140 Å². The molecule has 3 rings (SSSR count). The molecule has 0 radical (unpaired) electrons. The largest absolute Gasteiger partial charge is 0.475 e. The zero-order valence-corrected chi connectivity index (χ0v) is 13.7. The van der Waals surface area contributed by atoms with E-state index in [1.807, 2.05) is 61.5 Å². The van der Waals surface area contributed by atoms with Crippen molar-refractivity contribution >= 4 is 28.3 Å². The maximum Gasteiger partial charge on any atom is 0.255 e. The molecule has 1 aromatic heterocycles. The Kier molecular flexibility index (Phi) is 4.61. The van der Waals surface area contributed by atoms with Gasteiger partial charge in [0.25, 0.3) is 5.90 Å². The van der Waals surface area contributed by atoms with Crippen molar-refractivity contribution in [2.45, 2.75) is 13.8 Å². The van der Waals surface area contributed by atoms with Crippen LogP contribution >= 0.6 is 0 Å². The van der Waals surface area contributed by atoms with Crippen LogP contribution in [0, 0.1) is 0 Å². The molecule has 5 nitrogen and oxygen atoms in total. The van der Waals surface area contributed by atoms with Crippen LogP contribution in [0.25, 0.3) is 10.9 Å². The van der Waals surface area contributed by atoms with Crippen molar-refractivity contribution in [1.29, 1.82) is 0 Å². The molecule has 0 unspecified atom stereocenters. The van der Waals surface area contributed by atoms with E-state index in [9.17, 15) is 4.79 Å². The van der Waals surface area contributed by atoms with Crippen LogP contribution in [0.3, 0.4) is 0 Å². The van der Waals surface area contributed by atoms with E-state index in [-0.39, 0.29) is 5.78 Å². The van der Waals surface area contributed by atoms with Gasteiger partial charge in [-0.25, -0.2) is 0 Å². The first-order chi connectivity index (χ1) is 11.7. The number of nitrogens with zero attached hydrogens (tertiary/aromatic N) is 1. The summed E-state index contributed by atoms with van der Waals surface area (Å²) in [4.78, 5) is 14.8. The van der Waals surface area contributed by atoms with Gasteiger partial charge in [0.1, 0.15) is 5.69 Å². The van der Waals surface area contributed by atoms with E-state index < -0.39 is 0 Å². The van der Waals surface area contributed by atoms with Crippen molar-refractivity contribution in [1.82, 2.24) is 4.98 Å². The van der Waals surface area contributed by atoms with E-state index in [4.69, 9.17) is 4.74 Å². The van der Waals surface area contributed by atoms with Gasteiger partial charge in [0.05, 0.1) is 12.3 Å². The summed E-state index contributed by atoms with van der Waals surface area (Å²) in [5, 5.41) is 5.30. The summed E-state index contributed by atoms with van der Waals surface area (Å²) in [5.74, 6) is 0.519. The molecular weight excluding hydrogens is 302 g/mol. The molecule has 0 aliphatic rings. The summed E-state index contributed by atoms with van der Waals surface area (Å²) in [6.07, 6.45) is 0. The second-order valence-corrected chi connectivity index (χ2v) is 5.37. The van der Waals surface area contributed by atoms with Crippen molar-refractivity contribution in [3.8, 4) is 0 Å². The Morgan fingerprint density at radius 2 is 1.96 bits per heavy atom. The summed E-state index contributed by atoms with van der Waals surface area (Å²) in [5.41, 5.74) is 6.25. The maximum absolute atomic E-state index is 11.5. The van der Waals surface area contributed by atoms with Crippen LogP contribution in [0.15, 0.2) is 59.7 Å². The molecule has 0 saturated heterocycles. The van der Waals surface area contributed by atoms with Gasteiger partial charge < -0.3 is 9.72 Å². The van der Waals surface area contributed by atoms with Gasteiger partial charge in [0.2, 0.25) is 0 Å². The van der Waals surface area contributed by atoms with Gasteiger partial charge in [-0.15, -0.1) is 5.10 Å². The molecule has 0 aliphatic heterocycles. The van der Waals surface area contributed by atoms with Crippen LogP contribution in [-0.2, 0) is 4.74 Å². The number of aromatic nitrogens is 1. The number of anilines is 1. The van der Waals surface area contributed by atoms with Crippen molar-refractivity contribution in [3.05, 3.63) is 65.9 Å². The van der Waals surface area contributed by atoms with Gasteiger partial charge in [-0.2, -0.15) is 0 Å². The van der Waals surface area contributed by atoms with Gasteiger partial charge >= 0.3 is 0 Å². The van der Waals surface area contributed by atoms with Crippen LogP contribution in [0.2, 0.25) is 0 Å². The highest BCUT2D eigenvalue weighted by atomic mass is 16.5. The summed E-state index contributed by atoms with van der Waals surface area (Å²) in [7, 11) is 0. The highest BCUT2D eigenvalue weighted by molar-refractivity contribution is 6.01. The van der Waals surface area contributed by atoms with Crippen molar-refractivity contribution in [2.24, 2.45) is 5.10 Å². The van der Waals surface area contributed by atoms with E-state index in [0.717, 1.165) is 22.3 Å². The fourth-order valence-corrected chi connectivity index (χ4v) is 2.40. The average Bonchev–Trinajstić information content (AvgIpc) is 3.02. The molecule has 0 aliphatic carbocycles. The van der Waals surface area contributed by atoms with Crippen LogP contribution in [0.1, 0.15) is 29.9 Å². The molecule has 0 bridgehead atoms. The lowest BCUT2D eigenvalue weighted by atomic mass is 10.1. The van der Waals surface area contributed by atoms with Crippen molar-refractivity contribution in [3.63, 3.8) is 0 Å². The minimum Gasteiger partial charge on any atom is -0.475 e. The SMILES string of the molecule is CCOC(=NNc1ccccc1)c1cc2cc(C(C)=O)ccc2[nH]1. The van der Waals surface area contributed by atoms with Crippen LogP contribution < -0.4 is 5.43 Å². The highest BCUT2D eigenvalue weighted by Gasteiger charge is 2.10. The normalized spacial score (nSPS) is 11.5. The first-order valence-electron chi connectivity index (χ1n) is 7.83. The third-order valence-electron chi connectivity index (χ3n) is 3.60. The summed E-state index contributed by atoms with van der Waals surface area (Å²) >= 11 is 0. The number of rotatable bonds is 5. The number of carbonyl (C=O) groups is 1. The van der Waals surface area contributed by atoms with Gasteiger partial charge in [0.15, 0.2) is 5.78 Å². The minimum absolute atomic E-state index is 0.0455. The summed E-state index contributed by atoms with van der Waals surface area (Å²) in [6.45, 7) is 3.98. The predicted octanol–water partition coefficient (Wildman–Crippen LogP) is 4.18. The molecule has 2 N–H and O–H groups in total. The van der Waals surface area contributed by atoms with E-state index in [1.165, 1.54) is 0 Å². The Balaban J connectivity index is 1.93. The Bertz CT molecular complexity index is 882. The molecule has 0 saturated carbocycles. The van der Waals surface area contributed by atoms with Crippen molar-refractivity contribution < 1.29 is 9.53 Å². The monoisotopic (exact) mass is 321 g/mol. The molecule has 0 amide bonds. The third kappa shape index (κ3) is 3.46. The average molecular weight is 321 g/mol. The number of para-hydroxylation sites is 1. The fourth-order valence-electron chi connectivity index (χ4n) is 2.40. The number of carbonyl (C=O) groups excluding carboxylic acids is 1. The van der Waals surface area contributed by atoms with E-state index >= 15 is 0 Å². The Hall–Kier alpha value is -3.08. The quantitative estimate of drug-likeness (QED) is 0.321. The number of H-pyrrole nitrogens is 1. The summed E-state index contributed by atoms with van der Waals surface area (Å²) < 4.78 is 5.65. The van der Waals surface area contributed by atoms with Gasteiger partial charge in [-0.1, -0.05) is 18.2 Å². The molecule has 3 aromatic rings. The van der Waals surface area contributed by atoms with Gasteiger partial charge in [-0.05, 0) is 50.2 Å². The Morgan fingerprint density at radius 1 is 1.17 bits per heavy atom. The number of benzene rings is 2. The minimum atomic E-state index is 0.0455. The molecule has 24 heavy (non-hydrogen) atoms. The Morgan fingerprint density at radius 3 is 2.67 bits per heavy atom. The smallest absolute Gasteiger partial charge is 0.255 e. The molecule has 0 spiro atoms. The lowest BCUT2D eigenvalue weighted by Gasteiger charge is -2.06. The molecule has 1 heterocycles. The number of ketones is 1. The lowest BCUT2D eigenvalue weighted by molar-refractivity contribution is 0.101. The number of aromatic amines is 1. The second-order valence-electron chi connectivity index (χ2n) is 5.37. The number of hydrogen-bond donors (Lipinski definition) is 2. The number of Topliss-reactive ketones (excluding diaryl/α,β-unsaturated/α-hetero) is 1. The highest BCUT2D eigenvalue weighted by Crippen LogP contribution is 2.19. The third-order valence-corrected chi connectivity index (χ3v) is 3.60. The van der Waals surface area contributed by atoms with Gasteiger partial charge in [0, 0.05) is 16.5 Å². The van der Waals surface area contributed by atoms with E-state index in [1.54, 1.807) is 6.92 Å². The topological polar surface area (TPSA) is 66.5 Å². The van der Waals surface area contributed by atoms with Gasteiger partial charge in [-0.3, -0.25) is 10.2 Å². The standard InChI is InChI=1S/C19H19N3O2/c1-3-24-19(22-21-16-7-5-4-6-8-16)18-12-15-11-14(13(2)23)9-10-17(15)20-18/h4-12,20-21H,3H2,1-2H3. The number of nitrogens with one attached hydrogen (secondary N) is 2. The molecule has 0 fully saturated rings. The van der Waals surface area contributed by atoms with E-state index in [2.05, 4.69) is 15.5 Å². The molecule has 122 valence electrons. The van der Waals surface area contributed by atoms with Crippen molar-refractivity contribution in [2.75, 3.05) is 12.0 Å². The number of hydrazone groups is 1. The number of ether oxygens (including phenoxy) is 1. The molecule has 5 heteroatoms. The lowest BCUT2D eigenvalue weighted by Crippen LogP contribution is -2.09. The first-order valence-corrected chi connectivity index (χ1v) is 7.83. The van der Waals surface area contributed by atoms with E-state index in [0.29, 0.717) is 18.1 Å².